The molecule has 1 amide bonds. The van der Waals surface area contributed by atoms with Crippen LogP contribution in [0.4, 0.5) is 4.79 Å². The fourth-order valence-electron chi connectivity index (χ4n) is 4.18. The van der Waals surface area contributed by atoms with E-state index < -0.39 is 8.24 Å². The van der Waals surface area contributed by atoms with Gasteiger partial charge in [-0.2, -0.15) is 0 Å². The van der Waals surface area contributed by atoms with Crippen LogP contribution in [-0.4, -0.2) is 41.8 Å². The SMILES string of the molecule is CCOC(=O)N(C1(CSc2nc3ccccc3cc2-c2ccccc2)CC1)[Si](C)(C)C. The molecule has 0 N–H and O–H groups in total. The second kappa shape index (κ2) is 8.67. The first-order chi connectivity index (χ1) is 14.8. The summed E-state index contributed by atoms with van der Waals surface area (Å²) in [5, 5.41) is 2.16. The van der Waals surface area contributed by atoms with E-state index in [1.807, 2.05) is 19.1 Å². The zero-order valence-electron chi connectivity index (χ0n) is 18.7. The maximum absolute atomic E-state index is 12.9. The summed E-state index contributed by atoms with van der Waals surface area (Å²) < 4.78 is 7.55. The summed E-state index contributed by atoms with van der Waals surface area (Å²) in [6, 6.07) is 20.9. The zero-order valence-corrected chi connectivity index (χ0v) is 20.5. The first kappa shape index (κ1) is 21.9. The average Bonchev–Trinajstić information content (AvgIpc) is 3.51. The van der Waals surface area contributed by atoms with E-state index in [1.165, 1.54) is 5.56 Å². The number of pyridine rings is 1. The molecule has 0 atom stereocenters. The van der Waals surface area contributed by atoms with Gasteiger partial charge in [-0.05, 0) is 37.5 Å². The van der Waals surface area contributed by atoms with Crippen molar-refractivity contribution >= 4 is 37.0 Å². The predicted octanol–water partition coefficient (Wildman–Crippen LogP) is 6.82. The summed E-state index contributed by atoms with van der Waals surface area (Å²) >= 11 is 1.77. The summed E-state index contributed by atoms with van der Waals surface area (Å²) in [4.78, 5) is 17.9. The van der Waals surface area contributed by atoms with Crippen LogP contribution in [0, 0.1) is 0 Å². The third kappa shape index (κ3) is 4.65. The number of nitrogens with zero attached hydrogens (tertiary/aromatic N) is 2. The van der Waals surface area contributed by atoms with E-state index in [0.29, 0.717) is 6.61 Å². The van der Waals surface area contributed by atoms with Crippen LogP contribution in [0.15, 0.2) is 65.7 Å². The number of hydrogen-bond acceptors (Lipinski definition) is 4. The summed E-state index contributed by atoms with van der Waals surface area (Å²) in [5.41, 5.74) is 3.20. The molecule has 0 radical (unpaired) electrons. The number of thioether (sulfide) groups is 1. The van der Waals surface area contributed by atoms with Crippen molar-refractivity contribution in [2.75, 3.05) is 12.4 Å². The highest BCUT2D eigenvalue weighted by Crippen LogP contribution is 2.49. The molecule has 1 aliphatic carbocycles. The molecule has 0 bridgehead atoms. The van der Waals surface area contributed by atoms with E-state index in [9.17, 15) is 4.79 Å². The molecule has 1 heterocycles. The Morgan fingerprint density at radius 1 is 1.10 bits per heavy atom. The second-order valence-electron chi connectivity index (χ2n) is 9.12. The fourth-order valence-corrected chi connectivity index (χ4v) is 7.95. The van der Waals surface area contributed by atoms with Gasteiger partial charge in [0.25, 0.3) is 0 Å². The highest BCUT2D eigenvalue weighted by molar-refractivity contribution is 7.99. The van der Waals surface area contributed by atoms with Gasteiger partial charge in [0, 0.05) is 22.2 Å². The standard InChI is InChI=1S/C25H30N2O2SSi/c1-5-29-24(28)27(31(2,3)4)25(15-16-25)18-30-23-21(19-11-7-6-8-12-19)17-20-13-9-10-14-22(20)26-23/h6-14,17H,5,15-16,18H2,1-4H3. The van der Waals surface area contributed by atoms with Gasteiger partial charge in [0.15, 0.2) is 8.24 Å². The average molecular weight is 451 g/mol. The van der Waals surface area contributed by atoms with Crippen molar-refractivity contribution in [2.45, 2.75) is 50.0 Å². The normalized spacial score (nSPS) is 15.0. The highest BCUT2D eigenvalue weighted by Gasteiger charge is 2.54. The van der Waals surface area contributed by atoms with Gasteiger partial charge in [-0.1, -0.05) is 68.2 Å². The largest absolute Gasteiger partial charge is 0.450 e. The molecule has 1 fully saturated rings. The minimum absolute atomic E-state index is 0.122. The van der Waals surface area contributed by atoms with E-state index >= 15 is 0 Å². The second-order valence-corrected chi connectivity index (χ2v) is 14.9. The van der Waals surface area contributed by atoms with E-state index in [0.717, 1.165) is 40.1 Å². The first-order valence-electron chi connectivity index (χ1n) is 10.9. The molecule has 0 unspecified atom stereocenters. The minimum Gasteiger partial charge on any atom is -0.450 e. The molecule has 0 saturated heterocycles. The van der Waals surface area contributed by atoms with Gasteiger partial charge in [-0.3, -0.25) is 0 Å². The first-order valence-corrected chi connectivity index (χ1v) is 15.3. The number of para-hydroxylation sites is 1. The van der Waals surface area contributed by atoms with Crippen LogP contribution in [0.25, 0.3) is 22.0 Å². The Hall–Kier alpha value is -2.31. The van der Waals surface area contributed by atoms with Crippen molar-refractivity contribution in [3.63, 3.8) is 0 Å². The van der Waals surface area contributed by atoms with Crippen LogP contribution in [0.5, 0.6) is 0 Å². The molecular weight excluding hydrogens is 420 g/mol. The van der Waals surface area contributed by atoms with Gasteiger partial charge in [0.2, 0.25) is 0 Å². The van der Waals surface area contributed by atoms with Crippen molar-refractivity contribution in [1.82, 2.24) is 9.55 Å². The molecule has 162 valence electrons. The zero-order chi connectivity index (χ0) is 22.1. The molecule has 3 aromatic rings. The number of amides is 1. The fraction of sp³-hybridized carbons (Fsp3) is 0.360. The number of rotatable bonds is 7. The third-order valence-corrected chi connectivity index (χ3v) is 8.94. The lowest BCUT2D eigenvalue weighted by molar-refractivity contribution is 0.117. The number of carbonyl (C=O) groups is 1. The van der Waals surface area contributed by atoms with Gasteiger partial charge in [0.1, 0.15) is 5.03 Å². The predicted molar refractivity (Wildman–Crippen MR) is 132 cm³/mol. The van der Waals surface area contributed by atoms with E-state index in [-0.39, 0.29) is 11.6 Å². The molecule has 1 aliphatic rings. The number of hydrogen-bond donors (Lipinski definition) is 0. The van der Waals surface area contributed by atoms with Crippen LogP contribution >= 0.6 is 11.8 Å². The Morgan fingerprint density at radius 2 is 1.77 bits per heavy atom. The number of benzene rings is 2. The van der Waals surface area contributed by atoms with Gasteiger partial charge in [0.05, 0.1) is 12.1 Å². The molecule has 4 rings (SSSR count). The highest BCUT2D eigenvalue weighted by atomic mass is 32.2. The Labute approximate surface area is 190 Å². The van der Waals surface area contributed by atoms with Crippen LogP contribution < -0.4 is 0 Å². The van der Waals surface area contributed by atoms with Crippen LogP contribution in [0.3, 0.4) is 0 Å². The molecule has 31 heavy (non-hydrogen) atoms. The summed E-state index contributed by atoms with van der Waals surface area (Å²) in [5.74, 6) is 0.835. The lowest BCUT2D eigenvalue weighted by Gasteiger charge is -2.40. The maximum Gasteiger partial charge on any atom is 0.402 e. The molecule has 1 saturated carbocycles. The number of carbonyl (C=O) groups excluding carboxylic acids is 1. The molecule has 0 spiro atoms. The molecular formula is C25H30N2O2SSi. The quantitative estimate of drug-likeness (QED) is 0.292. The summed E-state index contributed by atoms with van der Waals surface area (Å²) in [7, 11) is -1.89. The van der Waals surface area contributed by atoms with E-state index in [4.69, 9.17) is 9.72 Å². The van der Waals surface area contributed by atoms with Crippen LogP contribution in [-0.2, 0) is 4.74 Å². The Kier molecular flexibility index (Phi) is 6.13. The number of ether oxygens (including phenoxy) is 1. The van der Waals surface area contributed by atoms with Gasteiger partial charge in [-0.15, -0.1) is 11.8 Å². The Morgan fingerprint density at radius 3 is 2.42 bits per heavy atom. The molecule has 6 heteroatoms. The topological polar surface area (TPSA) is 42.4 Å². The minimum atomic E-state index is -1.89. The van der Waals surface area contributed by atoms with Crippen molar-refractivity contribution < 1.29 is 9.53 Å². The van der Waals surface area contributed by atoms with Crippen molar-refractivity contribution in [2.24, 2.45) is 0 Å². The van der Waals surface area contributed by atoms with Crippen molar-refractivity contribution in [3.05, 3.63) is 60.7 Å². The Bertz CT molecular complexity index is 1080. The van der Waals surface area contributed by atoms with Crippen molar-refractivity contribution in [1.29, 1.82) is 0 Å². The third-order valence-electron chi connectivity index (χ3n) is 5.67. The van der Waals surface area contributed by atoms with E-state index in [2.05, 4.69) is 72.7 Å². The maximum atomic E-state index is 12.9. The summed E-state index contributed by atoms with van der Waals surface area (Å²) in [6.07, 6.45) is 1.89. The van der Waals surface area contributed by atoms with Crippen molar-refractivity contribution in [3.8, 4) is 11.1 Å². The monoisotopic (exact) mass is 450 g/mol. The number of aromatic nitrogens is 1. The summed E-state index contributed by atoms with van der Waals surface area (Å²) in [6.45, 7) is 8.95. The smallest absolute Gasteiger partial charge is 0.402 e. The molecule has 4 nitrogen and oxygen atoms in total. The lowest BCUT2D eigenvalue weighted by Crippen LogP contribution is -2.57. The lowest BCUT2D eigenvalue weighted by atomic mass is 10.1. The molecule has 2 aromatic carbocycles. The molecule has 0 aliphatic heterocycles. The van der Waals surface area contributed by atoms with Gasteiger partial charge >= 0.3 is 6.09 Å². The number of fused-ring (bicyclic) bond motifs is 1. The van der Waals surface area contributed by atoms with Gasteiger partial charge in [-0.25, -0.2) is 9.78 Å². The van der Waals surface area contributed by atoms with E-state index in [1.54, 1.807) is 11.8 Å². The Balaban J connectivity index is 1.67. The van der Waals surface area contributed by atoms with Crippen LogP contribution in [0.1, 0.15) is 19.8 Å². The molecule has 1 aromatic heterocycles. The van der Waals surface area contributed by atoms with Crippen LogP contribution in [0.2, 0.25) is 19.6 Å². The van der Waals surface area contributed by atoms with Gasteiger partial charge < -0.3 is 9.30 Å².